The van der Waals surface area contributed by atoms with Gasteiger partial charge in [0.25, 0.3) is 0 Å². The molecule has 78 valence electrons. The SMILES string of the molecule is ClCCc1nnc(-c2ccc(Cl)cn2)s1. The smallest absolute Gasteiger partial charge is 0.166 e. The first-order valence-corrected chi connectivity index (χ1v) is 6.03. The van der Waals surface area contributed by atoms with Crippen molar-refractivity contribution in [3.05, 3.63) is 28.4 Å². The fraction of sp³-hybridized carbons (Fsp3) is 0.222. The number of aromatic nitrogens is 3. The minimum Gasteiger partial charge on any atom is -0.252 e. The molecule has 0 aromatic carbocycles. The summed E-state index contributed by atoms with van der Waals surface area (Å²) in [6, 6.07) is 3.61. The molecule has 0 aliphatic rings. The first-order valence-electron chi connectivity index (χ1n) is 4.30. The third-order valence-electron chi connectivity index (χ3n) is 1.72. The van der Waals surface area contributed by atoms with E-state index in [1.807, 2.05) is 6.07 Å². The Morgan fingerprint density at radius 3 is 2.80 bits per heavy atom. The molecule has 0 bridgehead atoms. The zero-order chi connectivity index (χ0) is 10.7. The van der Waals surface area contributed by atoms with Crippen LogP contribution in [0.1, 0.15) is 5.01 Å². The monoisotopic (exact) mass is 259 g/mol. The fourth-order valence-electron chi connectivity index (χ4n) is 1.04. The summed E-state index contributed by atoms with van der Waals surface area (Å²) in [7, 11) is 0. The van der Waals surface area contributed by atoms with Crippen LogP contribution in [-0.2, 0) is 6.42 Å². The normalized spacial score (nSPS) is 10.5. The third kappa shape index (κ3) is 2.65. The van der Waals surface area contributed by atoms with Gasteiger partial charge in [-0.2, -0.15) is 0 Å². The largest absolute Gasteiger partial charge is 0.252 e. The number of hydrogen-bond donors (Lipinski definition) is 0. The minimum absolute atomic E-state index is 0.558. The van der Waals surface area contributed by atoms with Crippen LogP contribution in [0.25, 0.3) is 10.7 Å². The van der Waals surface area contributed by atoms with E-state index in [1.54, 1.807) is 12.3 Å². The first-order chi connectivity index (χ1) is 7.29. The molecule has 0 radical (unpaired) electrons. The van der Waals surface area contributed by atoms with Crippen molar-refractivity contribution in [2.24, 2.45) is 0 Å². The lowest BCUT2D eigenvalue weighted by molar-refractivity contribution is 0.987. The van der Waals surface area contributed by atoms with Gasteiger partial charge in [0.1, 0.15) is 10.7 Å². The van der Waals surface area contributed by atoms with Gasteiger partial charge >= 0.3 is 0 Å². The number of rotatable bonds is 3. The van der Waals surface area contributed by atoms with Gasteiger partial charge in [0.05, 0.1) is 5.02 Å². The van der Waals surface area contributed by atoms with Gasteiger partial charge in [0.2, 0.25) is 0 Å². The van der Waals surface area contributed by atoms with E-state index in [1.165, 1.54) is 11.3 Å². The highest BCUT2D eigenvalue weighted by Gasteiger charge is 2.06. The van der Waals surface area contributed by atoms with Crippen LogP contribution in [-0.4, -0.2) is 21.1 Å². The van der Waals surface area contributed by atoms with Crippen LogP contribution >= 0.6 is 34.5 Å². The van der Waals surface area contributed by atoms with Gasteiger partial charge in [-0.3, -0.25) is 4.98 Å². The molecular formula is C9H7Cl2N3S. The summed E-state index contributed by atoms with van der Waals surface area (Å²) in [5.74, 6) is 0.558. The van der Waals surface area contributed by atoms with E-state index >= 15 is 0 Å². The maximum absolute atomic E-state index is 5.74. The average molecular weight is 260 g/mol. The molecule has 0 spiro atoms. The number of pyridine rings is 1. The maximum atomic E-state index is 5.74. The van der Waals surface area contributed by atoms with Crippen molar-refractivity contribution >= 4 is 34.5 Å². The molecule has 0 N–H and O–H groups in total. The second kappa shape index (κ2) is 4.88. The zero-order valence-corrected chi connectivity index (χ0v) is 9.98. The zero-order valence-electron chi connectivity index (χ0n) is 7.65. The summed E-state index contributed by atoms with van der Waals surface area (Å²) >= 11 is 12.9. The van der Waals surface area contributed by atoms with Crippen LogP contribution in [0.2, 0.25) is 5.02 Å². The fourth-order valence-corrected chi connectivity index (χ4v) is 2.26. The molecule has 2 aromatic heterocycles. The Bertz CT molecular complexity index is 441. The summed E-state index contributed by atoms with van der Waals surface area (Å²) in [6.07, 6.45) is 2.34. The van der Waals surface area contributed by atoms with Gasteiger partial charge in [-0.25, -0.2) is 0 Å². The highest BCUT2D eigenvalue weighted by Crippen LogP contribution is 2.22. The Morgan fingerprint density at radius 2 is 2.13 bits per heavy atom. The Labute approximate surface area is 101 Å². The molecule has 2 heterocycles. The lowest BCUT2D eigenvalue weighted by Crippen LogP contribution is -1.83. The molecule has 0 amide bonds. The van der Waals surface area contributed by atoms with Crippen molar-refractivity contribution in [2.45, 2.75) is 6.42 Å². The van der Waals surface area contributed by atoms with Crippen LogP contribution < -0.4 is 0 Å². The molecule has 0 fully saturated rings. The molecule has 15 heavy (non-hydrogen) atoms. The van der Waals surface area contributed by atoms with Gasteiger partial charge in [-0.15, -0.1) is 21.8 Å². The molecule has 3 nitrogen and oxygen atoms in total. The molecule has 0 saturated heterocycles. The molecule has 0 aliphatic carbocycles. The van der Waals surface area contributed by atoms with Crippen molar-refractivity contribution in [3.8, 4) is 10.7 Å². The third-order valence-corrected chi connectivity index (χ3v) is 3.14. The summed E-state index contributed by atoms with van der Waals surface area (Å²) in [6.45, 7) is 0. The number of hydrogen-bond acceptors (Lipinski definition) is 4. The van der Waals surface area contributed by atoms with Gasteiger partial charge in [-0.1, -0.05) is 22.9 Å². The van der Waals surface area contributed by atoms with E-state index in [0.717, 1.165) is 22.1 Å². The molecule has 0 aliphatic heterocycles. The lowest BCUT2D eigenvalue weighted by Gasteiger charge is -1.93. The molecule has 0 atom stereocenters. The number of nitrogens with zero attached hydrogens (tertiary/aromatic N) is 3. The summed E-state index contributed by atoms with van der Waals surface area (Å²) in [5, 5.41) is 10.4. The van der Waals surface area contributed by atoms with E-state index in [-0.39, 0.29) is 0 Å². The van der Waals surface area contributed by atoms with Crippen molar-refractivity contribution < 1.29 is 0 Å². The maximum Gasteiger partial charge on any atom is 0.166 e. The topological polar surface area (TPSA) is 38.7 Å². The Kier molecular flexibility index (Phi) is 3.51. The van der Waals surface area contributed by atoms with Crippen LogP contribution in [0.15, 0.2) is 18.3 Å². The quantitative estimate of drug-likeness (QED) is 0.796. The van der Waals surface area contributed by atoms with E-state index in [2.05, 4.69) is 15.2 Å². The standard InChI is InChI=1S/C9H7Cl2N3S/c10-4-3-8-13-14-9(15-8)7-2-1-6(11)5-12-7/h1-2,5H,3-4H2. The summed E-state index contributed by atoms with van der Waals surface area (Å²) in [5.41, 5.74) is 0.790. The summed E-state index contributed by atoms with van der Waals surface area (Å²) in [4.78, 5) is 4.16. The Morgan fingerprint density at radius 1 is 1.27 bits per heavy atom. The van der Waals surface area contributed by atoms with Gasteiger partial charge in [0.15, 0.2) is 5.01 Å². The second-order valence-electron chi connectivity index (χ2n) is 2.80. The number of halogens is 2. The first kappa shape index (κ1) is 10.8. The summed E-state index contributed by atoms with van der Waals surface area (Å²) < 4.78 is 0. The molecule has 0 saturated carbocycles. The van der Waals surface area contributed by atoms with Crippen molar-refractivity contribution in [1.29, 1.82) is 0 Å². The number of aryl methyl sites for hydroxylation is 1. The van der Waals surface area contributed by atoms with Gasteiger partial charge in [-0.05, 0) is 12.1 Å². The molecule has 2 aromatic rings. The van der Waals surface area contributed by atoms with E-state index in [4.69, 9.17) is 23.2 Å². The van der Waals surface area contributed by atoms with Crippen LogP contribution in [0.5, 0.6) is 0 Å². The van der Waals surface area contributed by atoms with Crippen LogP contribution in [0, 0.1) is 0 Å². The molecule has 0 unspecified atom stereocenters. The van der Waals surface area contributed by atoms with Crippen molar-refractivity contribution in [2.75, 3.05) is 5.88 Å². The van der Waals surface area contributed by atoms with Crippen molar-refractivity contribution in [1.82, 2.24) is 15.2 Å². The van der Waals surface area contributed by atoms with Crippen LogP contribution in [0.3, 0.4) is 0 Å². The molecular weight excluding hydrogens is 253 g/mol. The van der Waals surface area contributed by atoms with E-state index in [9.17, 15) is 0 Å². The highest BCUT2D eigenvalue weighted by atomic mass is 35.5. The molecule has 2 rings (SSSR count). The highest BCUT2D eigenvalue weighted by molar-refractivity contribution is 7.14. The van der Waals surface area contributed by atoms with Gasteiger partial charge in [0, 0.05) is 18.5 Å². The second-order valence-corrected chi connectivity index (χ2v) is 4.68. The Balaban J connectivity index is 2.25. The van der Waals surface area contributed by atoms with E-state index in [0.29, 0.717) is 10.9 Å². The minimum atomic E-state index is 0.558. The molecule has 6 heteroatoms. The van der Waals surface area contributed by atoms with Gasteiger partial charge < -0.3 is 0 Å². The Hall–Kier alpha value is -0.710. The number of alkyl halides is 1. The predicted molar refractivity (Wildman–Crippen MR) is 62.6 cm³/mol. The lowest BCUT2D eigenvalue weighted by atomic mass is 10.4. The predicted octanol–water partition coefficient (Wildman–Crippen LogP) is 3.03. The van der Waals surface area contributed by atoms with Crippen LogP contribution in [0.4, 0.5) is 0 Å². The van der Waals surface area contributed by atoms with Crippen molar-refractivity contribution in [3.63, 3.8) is 0 Å². The average Bonchev–Trinajstić information content (AvgIpc) is 2.68. The van der Waals surface area contributed by atoms with E-state index < -0.39 is 0 Å².